The predicted octanol–water partition coefficient (Wildman–Crippen LogP) is -0.00330. The maximum Gasteiger partial charge on any atom is 0.0897 e. The molecule has 0 aromatic heterocycles. The van der Waals surface area contributed by atoms with Crippen LogP contribution in [0.25, 0.3) is 0 Å². The van der Waals surface area contributed by atoms with E-state index in [4.69, 9.17) is 11.2 Å². The summed E-state index contributed by atoms with van der Waals surface area (Å²) in [6.07, 6.45) is 5.32. The lowest BCUT2D eigenvalue weighted by atomic mass is 10.3. The summed E-state index contributed by atoms with van der Waals surface area (Å²) in [5.41, 5.74) is 0. The maximum atomic E-state index is 9.24. The first-order valence-electron chi connectivity index (χ1n) is 4.21. The lowest BCUT2D eigenvalue weighted by molar-refractivity contribution is 0.0430. The van der Waals surface area contributed by atoms with Crippen molar-refractivity contribution in [3.8, 4) is 12.3 Å². The number of aliphatic hydroxyl groups is 1. The second-order valence-corrected chi connectivity index (χ2v) is 2.47. The minimum atomic E-state index is -0.428. The van der Waals surface area contributed by atoms with Crippen molar-refractivity contribution in [3.63, 3.8) is 0 Å². The van der Waals surface area contributed by atoms with Crippen molar-refractivity contribution in [3.05, 3.63) is 0 Å². The Balaban J connectivity index is 3.09. The van der Waals surface area contributed by atoms with E-state index < -0.39 is 6.10 Å². The van der Waals surface area contributed by atoms with Crippen LogP contribution in [0.4, 0.5) is 0 Å². The fourth-order valence-corrected chi connectivity index (χ4v) is 0.742. The van der Waals surface area contributed by atoms with Crippen LogP contribution in [0.3, 0.4) is 0 Å². The minimum absolute atomic E-state index is 0.388. The van der Waals surface area contributed by atoms with Gasteiger partial charge in [-0.3, -0.25) is 0 Å². The molecule has 3 heteroatoms. The average molecular weight is 171 g/mol. The summed E-state index contributed by atoms with van der Waals surface area (Å²) in [6, 6.07) is 0. The second kappa shape index (κ2) is 8.54. The number of terminal acetylenes is 1. The van der Waals surface area contributed by atoms with Crippen LogP contribution in [-0.2, 0) is 4.74 Å². The highest BCUT2D eigenvalue weighted by Gasteiger charge is 2.01. The number of rotatable bonds is 7. The van der Waals surface area contributed by atoms with Crippen LogP contribution in [0.2, 0.25) is 0 Å². The first-order valence-corrected chi connectivity index (χ1v) is 4.21. The van der Waals surface area contributed by atoms with Gasteiger partial charge >= 0.3 is 0 Å². The number of aliphatic hydroxyl groups excluding tert-OH is 1. The van der Waals surface area contributed by atoms with Gasteiger partial charge in [0.25, 0.3) is 0 Å². The van der Waals surface area contributed by atoms with E-state index >= 15 is 0 Å². The molecule has 0 fully saturated rings. The Labute approximate surface area is 74.1 Å². The molecule has 12 heavy (non-hydrogen) atoms. The van der Waals surface area contributed by atoms with Crippen LogP contribution in [-0.4, -0.2) is 37.5 Å². The van der Waals surface area contributed by atoms with Crippen LogP contribution in [0.1, 0.15) is 13.3 Å². The smallest absolute Gasteiger partial charge is 0.0897 e. The van der Waals surface area contributed by atoms with E-state index in [1.165, 1.54) is 0 Å². The Morgan fingerprint density at radius 1 is 1.67 bits per heavy atom. The van der Waals surface area contributed by atoms with Crippen molar-refractivity contribution in [2.24, 2.45) is 0 Å². The van der Waals surface area contributed by atoms with Gasteiger partial charge in [-0.25, -0.2) is 0 Å². The molecule has 0 aromatic rings. The first-order chi connectivity index (χ1) is 5.81. The van der Waals surface area contributed by atoms with E-state index in [1.807, 2.05) is 6.92 Å². The Hall–Kier alpha value is -0.560. The Bertz CT molecular complexity index is 131. The minimum Gasteiger partial charge on any atom is -0.389 e. The molecule has 0 radical (unpaired) electrons. The van der Waals surface area contributed by atoms with Crippen molar-refractivity contribution in [1.82, 2.24) is 5.32 Å². The zero-order chi connectivity index (χ0) is 9.23. The molecular weight excluding hydrogens is 154 g/mol. The standard InChI is InChI=1S/C9H17NO2/c1-3-5-6-10-7-9(11)8-12-4-2/h1,9-11H,4-8H2,2H3. The number of hydrogen-bond acceptors (Lipinski definition) is 3. The van der Waals surface area contributed by atoms with Gasteiger partial charge in [0.2, 0.25) is 0 Å². The molecule has 0 saturated carbocycles. The number of nitrogens with one attached hydrogen (secondary N) is 1. The van der Waals surface area contributed by atoms with Crippen molar-refractivity contribution in [2.75, 3.05) is 26.3 Å². The van der Waals surface area contributed by atoms with E-state index in [0.717, 1.165) is 6.54 Å². The quantitative estimate of drug-likeness (QED) is 0.418. The molecule has 0 amide bonds. The van der Waals surface area contributed by atoms with Gasteiger partial charge in [0.1, 0.15) is 0 Å². The van der Waals surface area contributed by atoms with Gasteiger partial charge < -0.3 is 15.2 Å². The Kier molecular flexibility index (Phi) is 8.14. The molecule has 0 aliphatic carbocycles. The van der Waals surface area contributed by atoms with Crippen molar-refractivity contribution < 1.29 is 9.84 Å². The highest BCUT2D eigenvalue weighted by molar-refractivity contribution is 4.84. The summed E-state index contributed by atoms with van der Waals surface area (Å²) in [5, 5.41) is 12.3. The molecule has 0 bridgehead atoms. The summed E-state index contributed by atoms with van der Waals surface area (Å²) in [4.78, 5) is 0. The van der Waals surface area contributed by atoms with Crippen LogP contribution in [0, 0.1) is 12.3 Å². The van der Waals surface area contributed by atoms with E-state index in [1.54, 1.807) is 0 Å². The van der Waals surface area contributed by atoms with Crippen LogP contribution < -0.4 is 5.32 Å². The zero-order valence-electron chi connectivity index (χ0n) is 7.55. The fourth-order valence-electron chi connectivity index (χ4n) is 0.742. The van der Waals surface area contributed by atoms with Crippen LogP contribution in [0.5, 0.6) is 0 Å². The third kappa shape index (κ3) is 7.55. The molecule has 0 aliphatic rings. The SMILES string of the molecule is C#CCCNCC(O)COCC. The lowest BCUT2D eigenvalue weighted by Crippen LogP contribution is -2.30. The monoisotopic (exact) mass is 171 g/mol. The summed E-state index contributed by atoms with van der Waals surface area (Å²) < 4.78 is 5.02. The Morgan fingerprint density at radius 2 is 2.42 bits per heavy atom. The topological polar surface area (TPSA) is 41.5 Å². The first kappa shape index (κ1) is 11.4. The summed E-state index contributed by atoms with van der Waals surface area (Å²) in [6.45, 7) is 4.22. The lowest BCUT2D eigenvalue weighted by Gasteiger charge is -2.10. The summed E-state index contributed by atoms with van der Waals surface area (Å²) in [5.74, 6) is 2.51. The molecule has 0 spiro atoms. The fraction of sp³-hybridized carbons (Fsp3) is 0.778. The van der Waals surface area contributed by atoms with Crippen molar-refractivity contribution in [2.45, 2.75) is 19.4 Å². The molecule has 0 rings (SSSR count). The van der Waals surface area contributed by atoms with Crippen LogP contribution in [0.15, 0.2) is 0 Å². The van der Waals surface area contributed by atoms with E-state index in [9.17, 15) is 5.11 Å². The molecule has 0 aliphatic heterocycles. The highest BCUT2D eigenvalue weighted by atomic mass is 16.5. The second-order valence-electron chi connectivity index (χ2n) is 2.47. The molecule has 1 atom stereocenters. The van der Waals surface area contributed by atoms with E-state index in [-0.39, 0.29) is 0 Å². The molecule has 2 N–H and O–H groups in total. The molecule has 3 nitrogen and oxygen atoms in total. The molecular formula is C9H17NO2. The van der Waals surface area contributed by atoms with E-state index in [2.05, 4.69) is 11.2 Å². The number of hydrogen-bond donors (Lipinski definition) is 2. The molecule has 0 aromatic carbocycles. The molecule has 70 valence electrons. The van der Waals surface area contributed by atoms with Gasteiger partial charge in [-0.2, -0.15) is 0 Å². The van der Waals surface area contributed by atoms with Gasteiger partial charge in [-0.1, -0.05) is 0 Å². The van der Waals surface area contributed by atoms with Gasteiger partial charge in [0.05, 0.1) is 12.7 Å². The van der Waals surface area contributed by atoms with Crippen molar-refractivity contribution in [1.29, 1.82) is 0 Å². The van der Waals surface area contributed by atoms with Gasteiger partial charge in [-0.05, 0) is 6.92 Å². The predicted molar refractivity (Wildman–Crippen MR) is 48.8 cm³/mol. The Morgan fingerprint density at radius 3 is 3.00 bits per heavy atom. The third-order valence-corrected chi connectivity index (χ3v) is 1.34. The molecule has 0 heterocycles. The highest BCUT2D eigenvalue weighted by Crippen LogP contribution is 1.83. The molecule has 1 unspecified atom stereocenters. The summed E-state index contributed by atoms with van der Waals surface area (Å²) >= 11 is 0. The average Bonchev–Trinajstić information content (AvgIpc) is 2.09. The maximum absolute atomic E-state index is 9.24. The third-order valence-electron chi connectivity index (χ3n) is 1.34. The normalized spacial score (nSPS) is 12.4. The van der Waals surface area contributed by atoms with Crippen molar-refractivity contribution >= 4 is 0 Å². The molecule has 0 saturated heterocycles. The largest absolute Gasteiger partial charge is 0.389 e. The van der Waals surface area contributed by atoms with E-state index in [0.29, 0.717) is 26.2 Å². The summed E-state index contributed by atoms with van der Waals surface area (Å²) in [7, 11) is 0. The van der Waals surface area contributed by atoms with Gasteiger partial charge in [0.15, 0.2) is 0 Å². The van der Waals surface area contributed by atoms with Gasteiger partial charge in [-0.15, -0.1) is 12.3 Å². The zero-order valence-corrected chi connectivity index (χ0v) is 7.55. The van der Waals surface area contributed by atoms with Crippen LogP contribution >= 0.6 is 0 Å². The van der Waals surface area contributed by atoms with Gasteiger partial charge in [0, 0.05) is 26.1 Å². The number of ether oxygens (including phenoxy) is 1.